The summed E-state index contributed by atoms with van der Waals surface area (Å²) >= 11 is 0. The first kappa shape index (κ1) is 103. The summed E-state index contributed by atoms with van der Waals surface area (Å²) in [5.41, 5.74) is 55.2. The number of aliphatic imine (C=N–C) groups is 3. The minimum Gasteiger partial charge on any atom is -0.481 e. The molecule has 0 aromatic carbocycles. The van der Waals surface area contributed by atoms with Crippen LogP contribution in [0.3, 0.4) is 0 Å². The Hall–Kier alpha value is -11.3. The van der Waals surface area contributed by atoms with E-state index in [0.717, 1.165) is 6.92 Å². The number of aliphatic hydroxyl groups is 1. The number of hydrogen-bond donors (Lipinski definition) is 25. The minimum absolute atomic E-state index is 0.00542. The molecule has 0 heterocycles. The van der Waals surface area contributed by atoms with Crippen molar-refractivity contribution in [1.82, 2.24) is 69.1 Å². The van der Waals surface area contributed by atoms with E-state index in [1.54, 1.807) is 69.2 Å². The molecule has 13 atom stereocenters. The van der Waals surface area contributed by atoms with Crippen LogP contribution in [-0.4, -0.2) is 240 Å². The highest BCUT2D eigenvalue weighted by atomic mass is 16.4. The molecule has 646 valence electrons. The first-order chi connectivity index (χ1) is 53.1. The van der Waals surface area contributed by atoms with Gasteiger partial charge in [-0.2, -0.15) is 0 Å². The van der Waals surface area contributed by atoms with Crippen LogP contribution in [0.15, 0.2) is 15.0 Å². The van der Waals surface area contributed by atoms with Crippen molar-refractivity contribution in [2.45, 2.75) is 251 Å². The van der Waals surface area contributed by atoms with E-state index in [-0.39, 0.29) is 126 Å². The Morgan fingerprint density at radius 2 is 0.632 bits per heavy atom. The lowest BCUT2D eigenvalue weighted by Crippen LogP contribution is -2.61. The Kier molecular flexibility index (Phi) is 48.3. The number of nitrogens with zero attached hydrogens (tertiary/aromatic N) is 3. The topological polar surface area (TPSA) is 784 Å². The number of amides is 16. The molecule has 0 bridgehead atoms. The van der Waals surface area contributed by atoms with E-state index in [4.69, 9.17) is 57.3 Å². The molecule has 0 unspecified atom stereocenters. The molecule has 0 aliphatic heterocycles. The largest absolute Gasteiger partial charge is 0.481 e. The van der Waals surface area contributed by atoms with Crippen LogP contribution in [0.25, 0.3) is 0 Å². The molecule has 0 rings (SSSR count). The van der Waals surface area contributed by atoms with Crippen molar-refractivity contribution in [3.8, 4) is 0 Å². The fourth-order valence-corrected chi connectivity index (χ4v) is 10.9. The molecule has 0 radical (unpaired) electrons. The lowest BCUT2D eigenvalue weighted by molar-refractivity contribution is -0.141. The number of aliphatic hydroxyl groups excluding tert-OH is 1. The number of hydrogen-bond acceptors (Lipinski definition) is 22. The summed E-state index contributed by atoms with van der Waals surface area (Å²) in [5, 5.41) is 51.7. The smallest absolute Gasteiger partial charge is 0.305 e. The van der Waals surface area contributed by atoms with E-state index in [1.165, 1.54) is 0 Å². The maximum absolute atomic E-state index is 14.7. The molecule has 0 aromatic rings. The molecular formula is C69H126N26O19. The van der Waals surface area contributed by atoms with Crippen molar-refractivity contribution in [2.24, 2.45) is 102 Å². The molecule has 0 spiro atoms. The number of primary amides is 3. The van der Waals surface area contributed by atoms with Crippen LogP contribution < -0.4 is 126 Å². The highest BCUT2D eigenvalue weighted by molar-refractivity contribution is 6.00. The second-order valence-corrected chi connectivity index (χ2v) is 29.5. The molecule has 0 saturated carbocycles. The Morgan fingerprint density at radius 3 is 0.974 bits per heavy atom. The standard InChI is InChI=1S/C69H126N26O19/c1-32(2)25-43(65(113)95-53(36(9)10)54(73)102)85-51(99)30-83-57(105)41(18-20-49(71)97)88-61(109)45(27-34(5)6)93-63(111)46(28-35(7)8)92-59(107)40(17-14-24-82-69(78)79)87-60(108)42(19-21-50(72)98)89-62(110)44(26-33(3)4)91-58(106)39(16-13-23-81-68(76)77)86-55(103)37(11)84-66(114)48(31-96)94-64(112)47(29-52(100)101)90-56(104)38(70)15-12-22-80-67(74)75/h32-48,53,96H,12-31,70H2,1-11H3,(H2,71,97)(H2,72,98)(H2,73,102)(H,83,105)(H,84,114)(H,85,99)(H,86,103)(H,87,108)(H,88,109)(H,89,110)(H,90,104)(H,91,106)(H,92,107)(H,93,111)(H,94,112)(H,95,113)(H,100,101)(H4,74,75,80)(H4,76,77,81)(H4,78,79,82)/t37-,38-,39-,40-,41-,42-,43-,44-,45-,46-,47-,48-,53-/m0/s1. The van der Waals surface area contributed by atoms with E-state index in [0.29, 0.717) is 0 Å². The summed E-state index contributed by atoms with van der Waals surface area (Å²) < 4.78 is 0. The van der Waals surface area contributed by atoms with Gasteiger partial charge in [-0.1, -0.05) is 69.2 Å². The van der Waals surface area contributed by atoms with E-state index in [2.05, 4.69) is 84.1 Å². The van der Waals surface area contributed by atoms with Crippen LogP contribution in [-0.2, 0) is 81.5 Å². The number of guanidine groups is 3. The molecule has 114 heavy (non-hydrogen) atoms. The summed E-state index contributed by atoms with van der Waals surface area (Å²) in [6.45, 7) is 16.3. The van der Waals surface area contributed by atoms with E-state index >= 15 is 0 Å². The monoisotopic (exact) mass is 1620 g/mol. The number of carboxylic acid groups (broad SMARTS) is 1. The third-order valence-corrected chi connectivity index (χ3v) is 16.7. The number of rotatable bonds is 57. The number of nitrogens with one attached hydrogen (secondary N) is 13. The van der Waals surface area contributed by atoms with E-state index in [1.807, 2.05) is 0 Å². The van der Waals surface area contributed by atoms with Crippen LogP contribution in [0, 0.1) is 29.6 Å². The Labute approximate surface area is 662 Å². The lowest BCUT2D eigenvalue weighted by atomic mass is 9.99. The maximum atomic E-state index is 14.7. The van der Waals surface area contributed by atoms with Crippen LogP contribution in [0.4, 0.5) is 0 Å². The van der Waals surface area contributed by atoms with Crippen molar-refractivity contribution in [2.75, 3.05) is 32.8 Å². The van der Waals surface area contributed by atoms with Crippen LogP contribution in [0.1, 0.15) is 172 Å². The van der Waals surface area contributed by atoms with Gasteiger partial charge in [0.2, 0.25) is 94.5 Å². The maximum Gasteiger partial charge on any atom is 0.305 e. The summed E-state index contributed by atoms with van der Waals surface area (Å²) in [4.78, 5) is 241. The molecule has 0 aliphatic carbocycles. The van der Waals surface area contributed by atoms with Crippen molar-refractivity contribution in [3.05, 3.63) is 0 Å². The van der Waals surface area contributed by atoms with Crippen LogP contribution >= 0.6 is 0 Å². The SMILES string of the molecule is CC(C)C[C@H](NC(=O)CNC(=O)[C@H](CCC(N)=O)NC(=O)[C@H](CC(C)C)NC(=O)[C@H](CC(C)C)NC(=O)[C@H](CCCN=C(N)N)NC(=O)[C@H](CCC(N)=O)NC(=O)[C@H](CC(C)C)NC(=O)[C@H](CCCN=C(N)N)NC(=O)[C@H](C)NC(=O)[C@H](CO)NC(=O)[C@H](CC(=O)O)NC(=O)[C@@H](N)CCCN=C(N)N)C(=O)N[C@H](C(N)=O)C(C)C. The molecule has 16 amide bonds. The average Bonchev–Trinajstić information content (AvgIpc) is 0.858. The van der Waals surface area contributed by atoms with Gasteiger partial charge in [0.1, 0.15) is 72.5 Å². The second kappa shape index (κ2) is 53.6. The van der Waals surface area contributed by atoms with Gasteiger partial charge in [0.25, 0.3) is 0 Å². The minimum atomic E-state index is -1.86. The second-order valence-electron chi connectivity index (χ2n) is 29.5. The van der Waals surface area contributed by atoms with Gasteiger partial charge in [-0.05, 0) is 114 Å². The molecule has 45 nitrogen and oxygen atoms in total. The van der Waals surface area contributed by atoms with Gasteiger partial charge in [0, 0.05) is 32.5 Å². The summed E-state index contributed by atoms with van der Waals surface area (Å²) in [6, 6.07) is -19.6. The number of nitrogens with two attached hydrogens (primary N) is 10. The Morgan fingerprint density at radius 1 is 0.333 bits per heavy atom. The summed E-state index contributed by atoms with van der Waals surface area (Å²) in [6.07, 6.45) is -3.31. The van der Waals surface area contributed by atoms with Gasteiger partial charge < -0.3 is 137 Å². The number of carbonyl (C=O) groups excluding carboxylic acids is 16. The number of carboxylic acids is 1. The molecule has 0 aromatic heterocycles. The zero-order valence-electron chi connectivity index (χ0n) is 67.0. The highest BCUT2D eigenvalue weighted by Gasteiger charge is 2.38. The molecule has 0 fully saturated rings. The van der Waals surface area contributed by atoms with Crippen LogP contribution in [0.5, 0.6) is 0 Å². The predicted octanol–water partition coefficient (Wildman–Crippen LogP) is -9.25. The summed E-state index contributed by atoms with van der Waals surface area (Å²) in [5.74, 6) is -19.5. The molecule has 45 heteroatoms. The van der Waals surface area contributed by atoms with Gasteiger partial charge in [0.15, 0.2) is 17.9 Å². The third kappa shape index (κ3) is 44.1. The Bertz CT molecular complexity index is 3340. The first-order valence-corrected chi connectivity index (χ1v) is 37.6. The predicted molar refractivity (Wildman–Crippen MR) is 418 cm³/mol. The zero-order chi connectivity index (χ0) is 87.4. The molecule has 0 aliphatic rings. The first-order valence-electron chi connectivity index (χ1n) is 37.6. The Balaban J connectivity index is 7.17. The summed E-state index contributed by atoms with van der Waals surface area (Å²) in [7, 11) is 0. The number of aliphatic carboxylic acids is 1. The van der Waals surface area contributed by atoms with Crippen molar-refractivity contribution in [3.63, 3.8) is 0 Å². The molecule has 0 saturated heterocycles. The van der Waals surface area contributed by atoms with E-state index < -0.39 is 230 Å². The normalized spacial score (nSPS) is 14.5. The fourth-order valence-electron chi connectivity index (χ4n) is 10.9. The number of carbonyl (C=O) groups is 17. The molecule has 35 N–H and O–H groups in total. The third-order valence-electron chi connectivity index (χ3n) is 16.7. The van der Waals surface area contributed by atoms with Crippen molar-refractivity contribution >= 4 is 118 Å². The van der Waals surface area contributed by atoms with Gasteiger partial charge in [0.05, 0.1) is 25.6 Å². The lowest BCUT2D eigenvalue weighted by Gasteiger charge is -2.29. The fraction of sp³-hybridized carbons (Fsp3) is 0.710. The van der Waals surface area contributed by atoms with Gasteiger partial charge in [-0.15, -0.1) is 0 Å². The van der Waals surface area contributed by atoms with Gasteiger partial charge in [-0.25, -0.2) is 0 Å². The quantitative estimate of drug-likeness (QED) is 0.0153. The zero-order valence-corrected chi connectivity index (χ0v) is 67.0. The average molecular weight is 1620 g/mol. The highest BCUT2D eigenvalue weighted by Crippen LogP contribution is 2.15. The van der Waals surface area contributed by atoms with Crippen molar-refractivity contribution < 1.29 is 91.7 Å². The van der Waals surface area contributed by atoms with Gasteiger partial charge >= 0.3 is 5.97 Å². The van der Waals surface area contributed by atoms with Crippen LogP contribution in [0.2, 0.25) is 0 Å². The van der Waals surface area contributed by atoms with Crippen molar-refractivity contribution in [1.29, 1.82) is 0 Å². The van der Waals surface area contributed by atoms with Gasteiger partial charge in [-0.3, -0.25) is 96.5 Å². The van der Waals surface area contributed by atoms with E-state index in [9.17, 15) is 91.7 Å². The molecular weight excluding hydrogens is 1500 g/mol.